The topological polar surface area (TPSA) is 32.3 Å². The van der Waals surface area contributed by atoms with Crippen molar-refractivity contribution in [2.75, 3.05) is 19.6 Å². The van der Waals surface area contributed by atoms with Gasteiger partial charge in [-0.1, -0.05) is 51.1 Å². The van der Waals surface area contributed by atoms with Crippen LogP contribution in [0, 0.1) is 11.3 Å². The van der Waals surface area contributed by atoms with Gasteiger partial charge in [0.1, 0.15) is 0 Å². The maximum Gasteiger partial charge on any atom is 0.222 e. The Hall–Kier alpha value is -1.35. The monoisotopic (exact) mass is 302 g/mol. The summed E-state index contributed by atoms with van der Waals surface area (Å²) >= 11 is 0. The van der Waals surface area contributed by atoms with Gasteiger partial charge in [0.2, 0.25) is 5.91 Å². The molecule has 0 aliphatic carbocycles. The Morgan fingerprint density at radius 3 is 2.59 bits per heavy atom. The van der Waals surface area contributed by atoms with Gasteiger partial charge in [-0.15, -0.1) is 0 Å². The molecule has 22 heavy (non-hydrogen) atoms. The first kappa shape index (κ1) is 17.0. The first-order chi connectivity index (χ1) is 10.4. The van der Waals surface area contributed by atoms with Crippen LogP contribution in [0.15, 0.2) is 30.3 Å². The van der Waals surface area contributed by atoms with Crippen molar-refractivity contribution in [1.29, 1.82) is 0 Å². The number of hydrogen-bond donors (Lipinski definition) is 1. The first-order valence-corrected chi connectivity index (χ1v) is 8.46. The van der Waals surface area contributed by atoms with Crippen molar-refractivity contribution in [2.24, 2.45) is 11.3 Å². The van der Waals surface area contributed by atoms with Crippen LogP contribution < -0.4 is 5.32 Å². The summed E-state index contributed by atoms with van der Waals surface area (Å²) in [6, 6.07) is 10.3. The summed E-state index contributed by atoms with van der Waals surface area (Å²) in [5.41, 5.74) is 1.34. The smallest absolute Gasteiger partial charge is 0.222 e. The molecule has 0 radical (unpaired) electrons. The van der Waals surface area contributed by atoms with E-state index >= 15 is 0 Å². The second kappa shape index (κ2) is 7.77. The molecule has 1 aromatic carbocycles. The van der Waals surface area contributed by atoms with Crippen LogP contribution in [0.4, 0.5) is 0 Å². The third-order valence-corrected chi connectivity index (χ3v) is 4.16. The number of hydrogen-bond acceptors (Lipinski definition) is 2. The summed E-state index contributed by atoms with van der Waals surface area (Å²) in [5, 5.41) is 3.38. The Kier molecular flexibility index (Phi) is 6.01. The van der Waals surface area contributed by atoms with Crippen LogP contribution in [0.25, 0.3) is 0 Å². The summed E-state index contributed by atoms with van der Waals surface area (Å²) in [4.78, 5) is 14.7. The van der Waals surface area contributed by atoms with Crippen molar-refractivity contribution < 1.29 is 4.79 Å². The molecule has 0 aromatic heterocycles. The molecule has 1 saturated heterocycles. The van der Waals surface area contributed by atoms with Crippen LogP contribution in [0.3, 0.4) is 0 Å². The van der Waals surface area contributed by atoms with Crippen LogP contribution in [0.5, 0.6) is 0 Å². The highest BCUT2D eigenvalue weighted by Gasteiger charge is 2.23. The number of nitrogens with one attached hydrogen (secondary N) is 1. The highest BCUT2D eigenvalue weighted by molar-refractivity contribution is 5.76. The van der Waals surface area contributed by atoms with E-state index in [0.717, 1.165) is 32.6 Å². The lowest BCUT2D eigenvalue weighted by Gasteiger charge is -2.30. The molecule has 3 heteroatoms. The van der Waals surface area contributed by atoms with Crippen LogP contribution in [-0.4, -0.2) is 30.4 Å². The molecule has 1 atom stereocenters. The summed E-state index contributed by atoms with van der Waals surface area (Å²) < 4.78 is 0. The zero-order valence-corrected chi connectivity index (χ0v) is 14.3. The lowest BCUT2D eigenvalue weighted by molar-refractivity contribution is -0.133. The van der Waals surface area contributed by atoms with Crippen molar-refractivity contribution in [3.63, 3.8) is 0 Å². The van der Waals surface area contributed by atoms with E-state index in [-0.39, 0.29) is 5.41 Å². The molecule has 0 saturated carbocycles. The zero-order chi connectivity index (χ0) is 16.0. The maximum absolute atomic E-state index is 12.7. The van der Waals surface area contributed by atoms with Gasteiger partial charge in [-0.25, -0.2) is 0 Å². The molecule has 2 rings (SSSR count). The Balaban J connectivity index is 1.94. The Labute approximate surface area is 135 Å². The highest BCUT2D eigenvalue weighted by Crippen LogP contribution is 2.20. The normalized spacial score (nSPS) is 18.4. The summed E-state index contributed by atoms with van der Waals surface area (Å²) in [7, 11) is 0. The number of nitrogens with zero attached hydrogens (tertiary/aromatic N) is 1. The molecule has 1 N–H and O–H groups in total. The van der Waals surface area contributed by atoms with E-state index in [1.165, 1.54) is 12.0 Å². The molecule has 1 unspecified atom stereocenters. The van der Waals surface area contributed by atoms with Crippen molar-refractivity contribution in [2.45, 2.75) is 46.6 Å². The molecule has 1 fully saturated rings. The molecule has 0 bridgehead atoms. The molecular formula is C19H30N2O. The van der Waals surface area contributed by atoms with E-state index in [1.54, 1.807) is 0 Å². The first-order valence-electron chi connectivity index (χ1n) is 8.46. The van der Waals surface area contributed by atoms with Crippen molar-refractivity contribution >= 4 is 5.91 Å². The number of carbonyl (C=O) groups is 1. The van der Waals surface area contributed by atoms with Gasteiger partial charge in [0.05, 0.1) is 0 Å². The second-order valence-corrected chi connectivity index (χ2v) is 7.69. The van der Waals surface area contributed by atoms with Crippen molar-refractivity contribution in [1.82, 2.24) is 10.2 Å². The minimum Gasteiger partial charge on any atom is -0.338 e. The van der Waals surface area contributed by atoms with Gasteiger partial charge in [0, 0.05) is 19.5 Å². The molecule has 1 heterocycles. The van der Waals surface area contributed by atoms with E-state index in [2.05, 4.69) is 38.2 Å². The maximum atomic E-state index is 12.7. The van der Waals surface area contributed by atoms with Crippen LogP contribution in [0.2, 0.25) is 0 Å². The Morgan fingerprint density at radius 2 is 2.00 bits per heavy atom. The number of benzene rings is 1. The molecule has 122 valence electrons. The molecule has 3 nitrogen and oxygen atoms in total. The minimum absolute atomic E-state index is 0.124. The highest BCUT2D eigenvalue weighted by atomic mass is 16.2. The van der Waals surface area contributed by atoms with E-state index in [4.69, 9.17) is 0 Å². The van der Waals surface area contributed by atoms with E-state index < -0.39 is 0 Å². The molecule has 1 aromatic rings. The van der Waals surface area contributed by atoms with Gasteiger partial charge in [0.15, 0.2) is 0 Å². The third-order valence-electron chi connectivity index (χ3n) is 4.16. The second-order valence-electron chi connectivity index (χ2n) is 7.69. The fourth-order valence-corrected chi connectivity index (χ4v) is 3.06. The van der Waals surface area contributed by atoms with Gasteiger partial charge in [-0.3, -0.25) is 4.79 Å². The van der Waals surface area contributed by atoms with Gasteiger partial charge in [-0.05, 0) is 42.8 Å². The van der Waals surface area contributed by atoms with Gasteiger partial charge < -0.3 is 10.2 Å². The average molecular weight is 302 g/mol. The van der Waals surface area contributed by atoms with Gasteiger partial charge in [-0.2, -0.15) is 0 Å². The minimum atomic E-state index is 0.124. The summed E-state index contributed by atoms with van der Waals surface area (Å²) in [6.45, 7) is 10.3. The quantitative estimate of drug-likeness (QED) is 0.873. The Bertz CT molecular complexity index is 458. The number of carbonyl (C=O) groups excluding carboxylic acids is 1. The van der Waals surface area contributed by atoms with Crippen LogP contribution in [-0.2, 0) is 11.3 Å². The van der Waals surface area contributed by atoms with Crippen molar-refractivity contribution in [3.05, 3.63) is 35.9 Å². The van der Waals surface area contributed by atoms with Gasteiger partial charge in [0.25, 0.3) is 0 Å². The van der Waals surface area contributed by atoms with E-state index in [9.17, 15) is 4.79 Å². The predicted octanol–water partition coefficient (Wildman–Crippen LogP) is 3.45. The fraction of sp³-hybridized carbons (Fsp3) is 0.632. The fourth-order valence-electron chi connectivity index (χ4n) is 3.06. The van der Waals surface area contributed by atoms with E-state index in [0.29, 0.717) is 18.2 Å². The lowest BCUT2D eigenvalue weighted by atomic mass is 9.95. The standard InChI is InChI=1S/C19H30N2O/c1-19(2,3)15-21(14-17-7-5-4-6-8-17)18(22)10-9-16-11-12-20-13-16/h4-8,16,20H,9-15H2,1-3H3. The van der Waals surface area contributed by atoms with Crippen LogP contribution in [0.1, 0.15) is 45.6 Å². The van der Waals surface area contributed by atoms with Crippen LogP contribution >= 0.6 is 0 Å². The van der Waals surface area contributed by atoms with Crippen molar-refractivity contribution in [3.8, 4) is 0 Å². The van der Waals surface area contributed by atoms with E-state index in [1.807, 2.05) is 23.1 Å². The predicted molar refractivity (Wildman–Crippen MR) is 91.5 cm³/mol. The Morgan fingerprint density at radius 1 is 1.27 bits per heavy atom. The summed E-state index contributed by atoms with van der Waals surface area (Å²) in [6.07, 6.45) is 2.90. The number of amides is 1. The lowest BCUT2D eigenvalue weighted by Crippen LogP contribution is -2.37. The molecule has 0 spiro atoms. The average Bonchev–Trinajstić information content (AvgIpc) is 2.97. The van der Waals surface area contributed by atoms with Gasteiger partial charge >= 0.3 is 0 Å². The molecule has 1 aliphatic heterocycles. The SMILES string of the molecule is CC(C)(C)CN(Cc1ccccc1)C(=O)CCC1CCNC1. The zero-order valence-electron chi connectivity index (χ0n) is 14.3. The molecule has 1 amide bonds. The summed E-state index contributed by atoms with van der Waals surface area (Å²) in [5.74, 6) is 0.975. The number of rotatable bonds is 6. The molecule has 1 aliphatic rings. The molecular weight excluding hydrogens is 272 g/mol. The third kappa shape index (κ3) is 5.80. The largest absolute Gasteiger partial charge is 0.338 e.